The fourth-order valence-corrected chi connectivity index (χ4v) is 2.40. The van der Waals surface area contributed by atoms with Gasteiger partial charge in [-0.3, -0.25) is 4.21 Å². The largest absolute Gasteiger partial charge is 0.379 e. The standard InChI is InChI=1S/C10H12N2O2S/c1-2-10(13)15(14)7-3-4-8-9(5-7)12-6-11-8/h3-6,10,13H,2H2,1H3,(H,11,12). The maximum atomic E-state index is 11.8. The lowest BCUT2D eigenvalue weighted by molar-refractivity contribution is 0.252. The van der Waals surface area contributed by atoms with Gasteiger partial charge < -0.3 is 10.1 Å². The van der Waals surface area contributed by atoms with Gasteiger partial charge in [0.05, 0.1) is 28.2 Å². The summed E-state index contributed by atoms with van der Waals surface area (Å²) in [5.41, 5.74) is 0.872. The molecule has 1 heterocycles. The Labute approximate surface area is 89.8 Å². The van der Waals surface area contributed by atoms with Crippen LogP contribution in [-0.4, -0.2) is 24.7 Å². The summed E-state index contributed by atoms with van der Waals surface area (Å²) < 4.78 is 11.8. The topological polar surface area (TPSA) is 66.0 Å². The molecular weight excluding hydrogens is 212 g/mol. The molecule has 1 aromatic heterocycles. The van der Waals surface area contributed by atoms with Gasteiger partial charge in [-0.2, -0.15) is 0 Å². The van der Waals surface area contributed by atoms with Crippen LogP contribution in [0.15, 0.2) is 29.4 Å². The zero-order valence-electron chi connectivity index (χ0n) is 8.30. The predicted octanol–water partition coefficient (Wildman–Crippen LogP) is 1.40. The van der Waals surface area contributed by atoms with E-state index in [0.717, 1.165) is 11.0 Å². The minimum absolute atomic E-state index is 0.480. The van der Waals surface area contributed by atoms with E-state index in [1.807, 2.05) is 0 Å². The number of nitrogens with one attached hydrogen (secondary N) is 1. The molecule has 0 radical (unpaired) electrons. The van der Waals surface area contributed by atoms with Gasteiger partial charge in [0, 0.05) is 4.90 Å². The van der Waals surface area contributed by atoms with Crippen LogP contribution in [0.3, 0.4) is 0 Å². The molecule has 2 N–H and O–H groups in total. The van der Waals surface area contributed by atoms with E-state index in [9.17, 15) is 9.32 Å². The van der Waals surface area contributed by atoms with Crippen LogP contribution in [0.4, 0.5) is 0 Å². The average Bonchev–Trinajstić information content (AvgIpc) is 2.73. The fraction of sp³-hybridized carbons (Fsp3) is 0.300. The molecule has 0 aliphatic heterocycles. The molecule has 0 aliphatic carbocycles. The van der Waals surface area contributed by atoms with Gasteiger partial charge in [0.1, 0.15) is 5.44 Å². The highest BCUT2D eigenvalue weighted by Crippen LogP contribution is 2.17. The fourth-order valence-electron chi connectivity index (χ4n) is 1.35. The summed E-state index contributed by atoms with van der Waals surface area (Å²) in [5, 5.41) is 9.48. The van der Waals surface area contributed by atoms with E-state index < -0.39 is 16.2 Å². The molecule has 80 valence electrons. The summed E-state index contributed by atoms with van der Waals surface area (Å²) in [6.07, 6.45) is 2.07. The molecule has 15 heavy (non-hydrogen) atoms. The Morgan fingerprint density at radius 2 is 2.40 bits per heavy atom. The minimum atomic E-state index is -1.36. The second-order valence-electron chi connectivity index (χ2n) is 3.24. The maximum Gasteiger partial charge on any atom is 0.133 e. The lowest BCUT2D eigenvalue weighted by Gasteiger charge is -2.07. The highest BCUT2D eigenvalue weighted by atomic mass is 32.2. The number of rotatable bonds is 3. The summed E-state index contributed by atoms with van der Waals surface area (Å²) in [6, 6.07) is 5.29. The van der Waals surface area contributed by atoms with Crippen molar-refractivity contribution in [2.45, 2.75) is 23.7 Å². The summed E-state index contributed by atoms with van der Waals surface area (Å²) >= 11 is 0. The van der Waals surface area contributed by atoms with Gasteiger partial charge in [-0.15, -0.1) is 0 Å². The third kappa shape index (κ3) is 1.93. The van der Waals surface area contributed by atoms with Crippen molar-refractivity contribution in [1.82, 2.24) is 9.97 Å². The molecular formula is C10H12N2O2S. The van der Waals surface area contributed by atoms with Crippen LogP contribution < -0.4 is 0 Å². The van der Waals surface area contributed by atoms with E-state index in [-0.39, 0.29) is 0 Å². The van der Waals surface area contributed by atoms with Crippen LogP contribution in [0.25, 0.3) is 11.0 Å². The van der Waals surface area contributed by atoms with Crippen LogP contribution >= 0.6 is 0 Å². The Kier molecular flexibility index (Phi) is 2.83. The molecule has 1 aromatic carbocycles. The van der Waals surface area contributed by atoms with Gasteiger partial charge in [-0.1, -0.05) is 6.92 Å². The second kappa shape index (κ2) is 4.12. The highest BCUT2D eigenvalue weighted by molar-refractivity contribution is 7.85. The number of nitrogens with zero attached hydrogens (tertiary/aromatic N) is 1. The summed E-state index contributed by atoms with van der Waals surface area (Å²) in [5.74, 6) is 0. The van der Waals surface area contributed by atoms with E-state index in [1.165, 1.54) is 0 Å². The molecule has 2 unspecified atom stereocenters. The first-order valence-corrected chi connectivity index (χ1v) is 5.95. The van der Waals surface area contributed by atoms with Gasteiger partial charge in [-0.25, -0.2) is 4.98 Å². The highest BCUT2D eigenvalue weighted by Gasteiger charge is 2.13. The van der Waals surface area contributed by atoms with Crippen LogP contribution in [-0.2, 0) is 10.8 Å². The van der Waals surface area contributed by atoms with E-state index in [0.29, 0.717) is 11.3 Å². The van der Waals surface area contributed by atoms with Crippen molar-refractivity contribution in [2.75, 3.05) is 0 Å². The Balaban J connectivity index is 2.39. The first-order chi connectivity index (χ1) is 7.22. The monoisotopic (exact) mass is 224 g/mol. The number of hydrogen-bond donors (Lipinski definition) is 2. The average molecular weight is 224 g/mol. The third-order valence-corrected chi connectivity index (χ3v) is 3.77. The molecule has 0 saturated heterocycles. The number of aliphatic hydroxyl groups is 1. The predicted molar refractivity (Wildman–Crippen MR) is 58.8 cm³/mol. The molecule has 2 rings (SSSR count). The minimum Gasteiger partial charge on any atom is -0.379 e. The number of fused-ring (bicyclic) bond motifs is 1. The molecule has 2 atom stereocenters. The zero-order valence-corrected chi connectivity index (χ0v) is 9.12. The van der Waals surface area contributed by atoms with E-state index in [4.69, 9.17) is 0 Å². The molecule has 0 amide bonds. The van der Waals surface area contributed by atoms with Crippen molar-refractivity contribution in [1.29, 1.82) is 0 Å². The molecule has 4 nitrogen and oxygen atoms in total. The van der Waals surface area contributed by atoms with Crippen molar-refractivity contribution < 1.29 is 9.32 Å². The molecule has 0 saturated carbocycles. The van der Waals surface area contributed by atoms with Gasteiger partial charge in [0.2, 0.25) is 0 Å². The van der Waals surface area contributed by atoms with Gasteiger partial charge in [0.25, 0.3) is 0 Å². The molecule has 5 heteroatoms. The number of hydrogen-bond acceptors (Lipinski definition) is 3. The van der Waals surface area contributed by atoms with Crippen molar-refractivity contribution in [3.05, 3.63) is 24.5 Å². The second-order valence-corrected chi connectivity index (χ2v) is 4.85. The van der Waals surface area contributed by atoms with Crippen molar-refractivity contribution >= 4 is 21.8 Å². The molecule has 2 aromatic rings. The van der Waals surface area contributed by atoms with Gasteiger partial charge in [0.15, 0.2) is 0 Å². The third-order valence-electron chi connectivity index (χ3n) is 2.22. The molecule has 0 bridgehead atoms. The normalized spacial score (nSPS) is 15.3. The van der Waals surface area contributed by atoms with Crippen molar-refractivity contribution in [2.24, 2.45) is 0 Å². The summed E-state index contributed by atoms with van der Waals surface area (Å²) in [4.78, 5) is 7.64. The lowest BCUT2D eigenvalue weighted by atomic mass is 10.3. The number of H-pyrrole nitrogens is 1. The first kappa shape index (κ1) is 10.3. The number of benzene rings is 1. The van der Waals surface area contributed by atoms with E-state index in [2.05, 4.69) is 9.97 Å². The zero-order chi connectivity index (χ0) is 10.8. The SMILES string of the molecule is CCC(O)S(=O)c1ccc2nc[nH]c2c1. The Morgan fingerprint density at radius 1 is 1.60 bits per heavy atom. The van der Waals surface area contributed by atoms with Crippen LogP contribution in [0.1, 0.15) is 13.3 Å². The lowest BCUT2D eigenvalue weighted by Crippen LogP contribution is -2.12. The number of aromatic nitrogens is 2. The Bertz CT molecular complexity index is 495. The van der Waals surface area contributed by atoms with Crippen molar-refractivity contribution in [3.63, 3.8) is 0 Å². The molecule has 0 spiro atoms. The quantitative estimate of drug-likeness (QED) is 0.828. The van der Waals surface area contributed by atoms with Gasteiger partial charge in [-0.05, 0) is 24.6 Å². The Morgan fingerprint density at radius 3 is 3.13 bits per heavy atom. The Hall–Kier alpha value is -1.20. The molecule has 0 fully saturated rings. The summed E-state index contributed by atoms with van der Waals surface area (Å²) in [7, 11) is -1.36. The van der Waals surface area contributed by atoms with E-state index in [1.54, 1.807) is 31.5 Å². The number of imidazole rings is 1. The van der Waals surface area contributed by atoms with Gasteiger partial charge >= 0.3 is 0 Å². The summed E-state index contributed by atoms with van der Waals surface area (Å²) in [6.45, 7) is 1.80. The molecule has 0 aliphatic rings. The van der Waals surface area contributed by atoms with Crippen LogP contribution in [0.5, 0.6) is 0 Å². The van der Waals surface area contributed by atoms with Crippen molar-refractivity contribution in [3.8, 4) is 0 Å². The van der Waals surface area contributed by atoms with Crippen LogP contribution in [0, 0.1) is 0 Å². The van der Waals surface area contributed by atoms with Crippen LogP contribution in [0.2, 0.25) is 0 Å². The smallest absolute Gasteiger partial charge is 0.133 e. The van der Waals surface area contributed by atoms with E-state index >= 15 is 0 Å². The maximum absolute atomic E-state index is 11.8. The first-order valence-electron chi connectivity index (χ1n) is 4.74. The number of aliphatic hydroxyl groups excluding tert-OH is 1. The number of aromatic amines is 1.